The van der Waals surface area contributed by atoms with Gasteiger partial charge in [0.2, 0.25) is 5.91 Å². The number of aliphatic hydroxyl groups is 1. The summed E-state index contributed by atoms with van der Waals surface area (Å²) < 4.78 is 23.1. The molecule has 292 valence electrons. The minimum Gasteiger partial charge on any atom is -0.756 e. The maximum Gasteiger partial charge on any atom is 0.268 e. The molecule has 1 amide bonds. The lowest BCUT2D eigenvalue weighted by molar-refractivity contribution is -0.870. The quantitative estimate of drug-likeness (QED) is 0.0287. The van der Waals surface area contributed by atoms with Crippen LogP contribution >= 0.6 is 7.82 Å². The van der Waals surface area contributed by atoms with Gasteiger partial charge in [-0.15, -0.1) is 0 Å². The maximum atomic E-state index is 12.8. The summed E-state index contributed by atoms with van der Waals surface area (Å²) in [5.41, 5.74) is 0. The van der Waals surface area contributed by atoms with Crippen molar-refractivity contribution in [2.45, 2.75) is 199 Å². The Morgan fingerprint density at radius 1 is 0.694 bits per heavy atom. The summed E-state index contributed by atoms with van der Waals surface area (Å²) in [5, 5.41) is 13.7. The molecule has 3 atom stereocenters. The van der Waals surface area contributed by atoms with Gasteiger partial charge in [0.15, 0.2) is 0 Å². The van der Waals surface area contributed by atoms with E-state index >= 15 is 0 Å². The average molecular weight is 717 g/mol. The normalized spacial score (nSPS) is 14.7. The molecule has 0 rings (SSSR count). The van der Waals surface area contributed by atoms with Crippen LogP contribution in [0, 0.1) is 0 Å². The van der Waals surface area contributed by atoms with Crippen molar-refractivity contribution < 1.29 is 32.9 Å². The van der Waals surface area contributed by atoms with Crippen molar-refractivity contribution in [1.29, 1.82) is 0 Å². The number of nitrogens with one attached hydrogen (secondary N) is 1. The second kappa shape index (κ2) is 33.1. The van der Waals surface area contributed by atoms with Gasteiger partial charge in [-0.2, -0.15) is 0 Å². The highest BCUT2D eigenvalue weighted by molar-refractivity contribution is 7.45. The number of nitrogens with zero attached hydrogens (tertiary/aromatic N) is 1. The molecule has 0 aliphatic rings. The third-order valence-corrected chi connectivity index (χ3v) is 10.2. The Bertz CT molecular complexity index is 819. The number of aliphatic hydroxyl groups excluding tert-OH is 1. The van der Waals surface area contributed by atoms with E-state index in [-0.39, 0.29) is 19.1 Å². The molecule has 0 heterocycles. The topological polar surface area (TPSA) is 108 Å². The number of hydrogen-bond acceptors (Lipinski definition) is 6. The Balaban J connectivity index is 4.47. The second-order valence-electron chi connectivity index (χ2n) is 15.4. The zero-order valence-electron chi connectivity index (χ0n) is 32.9. The Hall–Kier alpha value is -0.760. The van der Waals surface area contributed by atoms with Crippen molar-refractivity contribution in [3.8, 4) is 0 Å². The summed E-state index contributed by atoms with van der Waals surface area (Å²) in [4.78, 5) is 25.2. The first kappa shape index (κ1) is 48.2. The van der Waals surface area contributed by atoms with Gasteiger partial charge in [-0.25, -0.2) is 0 Å². The van der Waals surface area contributed by atoms with E-state index in [1.165, 1.54) is 128 Å². The van der Waals surface area contributed by atoms with Crippen molar-refractivity contribution in [2.24, 2.45) is 0 Å². The molecule has 2 N–H and O–H groups in total. The van der Waals surface area contributed by atoms with Gasteiger partial charge in [-0.3, -0.25) is 9.36 Å². The van der Waals surface area contributed by atoms with Gasteiger partial charge >= 0.3 is 0 Å². The van der Waals surface area contributed by atoms with Crippen LogP contribution in [0.5, 0.6) is 0 Å². The van der Waals surface area contributed by atoms with Gasteiger partial charge in [0.05, 0.1) is 39.9 Å². The summed E-state index contributed by atoms with van der Waals surface area (Å²) in [6.45, 7) is 4.64. The number of phosphoric ester groups is 1. The molecule has 0 aromatic heterocycles. The van der Waals surface area contributed by atoms with Gasteiger partial charge in [-0.1, -0.05) is 174 Å². The number of amides is 1. The van der Waals surface area contributed by atoms with Crippen LogP contribution in [0.15, 0.2) is 12.2 Å². The maximum absolute atomic E-state index is 12.8. The number of likely N-dealkylation sites (N-methyl/N-ethyl adjacent to an activating group) is 1. The Morgan fingerprint density at radius 3 is 1.53 bits per heavy atom. The molecule has 0 bridgehead atoms. The number of hydrogen-bond donors (Lipinski definition) is 2. The zero-order valence-corrected chi connectivity index (χ0v) is 33.8. The predicted molar refractivity (Wildman–Crippen MR) is 205 cm³/mol. The first-order valence-electron chi connectivity index (χ1n) is 20.6. The Morgan fingerprint density at radius 2 is 1.10 bits per heavy atom. The van der Waals surface area contributed by atoms with E-state index < -0.39 is 20.0 Å². The molecule has 49 heavy (non-hydrogen) atoms. The van der Waals surface area contributed by atoms with Crippen LogP contribution in [-0.2, 0) is 18.4 Å². The molecule has 0 fully saturated rings. The first-order valence-corrected chi connectivity index (χ1v) is 22.0. The van der Waals surface area contributed by atoms with Crippen LogP contribution in [0.25, 0.3) is 0 Å². The van der Waals surface area contributed by atoms with Crippen molar-refractivity contribution in [3.05, 3.63) is 12.2 Å². The number of carbonyl (C=O) groups excluding carboxylic acids is 1. The minimum atomic E-state index is -4.57. The highest BCUT2D eigenvalue weighted by Crippen LogP contribution is 2.38. The number of rotatable bonds is 37. The van der Waals surface area contributed by atoms with E-state index in [9.17, 15) is 19.4 Å². The van der Waals surface area contributed by atoms with E-state index in [1.54, 1.807) is 6.08 Å². The van der Waals surface area contributed by atoms with E-state index in [0.717, 1.165) is 38.5 Å². The van der Waals surface area contributed by atoms with Crippen LogP contribution in [-0.4, -0.2) is 68.5 Å². The fourth-order valence-electron chi connectivity index (χ4n) is 5.92. The number of allylic oxidation sites excluding steroid dienone is 1. The summed E-state index contributed by atoms with van der Waals surface area (Å²) in [7, 11) is 1.27. The van der Waals surface area contributed by atoms with Crippen molar-refractivity contribution in [2.75, 3.05) is 40.9 Å². The smallest absolute Gasteiger partial charge is 0.268 e. The summed E-state index contributed by atoms with van der Waals surface area (Å²) in [6.07, 6.45) is 35.3. The highest BCUT2D eigenvalue weighted by Gasteiger charge is 2.23. The number of quaternary nitrogens is 1. The van der Waals surface area contributed by atoms with Gasteiger partial charge in [0.25, 0.3) is 7.82 Å². The third kappa shape index (κ3) is 35.4. The predicted octanol–water partition coefficient (Wildman–Crippen LogP) is 10.2. The number of carbonyl (C=O) groups is 1. The molecule has 0 aromatic carbocycles. The fraction of sp³-hybridized carbons (Fsp3) is 0.925. The van der Waals surface area contributed by atoms with Crippen LogP contribution in [0.2, 0.25) is 0 Å². The van der Waals surface area contributed by atoms with Crippen LogP contribution in [0.3, 0.4) is 0 Å². The SMILES string of the molecule is CCCCCCCCCCCCCC=C[C@@H](O)[C@H](COP(=O)([O-])OCC[N+](C)(C)C)NC(=O)CCCCCCCCCCCCCCCC. The van der Waals surface area contributed by atoms with Gasteiger partial charge < -0.3 is 28.8 Å². The monoisotopic (exact) mass is 717 g/mol. The molecule has 0 saturated heterocycles. The lowest BCUT2D eigenvalue weighted by Crippen LogP contribution is -2.45. The van der Waals surface area contributed by atoms with Crippen LogP contribution in [0.1, 0.15) is 187 Å². The molecule has 1 unspecified atom stereocenters. The fourth-order valence-corrected chi connectivity index (χ4v) is 6.64. The molecule has 8 nitrogen and oxygen atoms in total. The lowest BCUT2D eigenvalue weighted by atomic mass is 10.0. The third-order valence-electron chi connectivity index (χ3n) is 9.25. The average Bonchev–Trinajstić information content (AvgIpc) is 3.04. The standard InChI is InChI=1S/C40H81N2O6P/c1-6-8-10-12-14-16-18-20-22-24-26-28-30-32-34-40(44)41-38(37-48-49(45,46)47-36-35-42(3,4)5)39(43)33-31-29-27-25-23-21-19-17-15-13-11-9-7-2/h31,33,38-39,43H,6-30,32,34-37H2,1-5H3,(H-,41,44,45,46)/t38-,39+/m0/s1. The molecule has 0 aromatic rings. The van der Waals surface area contributed by atoms with Crippen molar-refractivity contribution >= 4 is 13.7 Å². The first-order chi connectivity index (χ1) is 23.5. The van der Waals surface area contributed by atoms with E-state index in [4.69, 9.17) is 9.05 Å². The molecule has 0 spiro atoms. The molecule has 0 saturated carbocycles. The molecular weight excluding hydrogens is 635 g/mol. The van der Waals surface area contributed by atoms with Gasteiger partial charge in [0, 0.05) is 6.42 Å². The molecule has 0 aliphatic carbocycles. The van der Waals surface area contributed by atoms with Crippen LogP contribution in [0.4, 0.5) is 0 Å². The molecule has 0 aliphatic heterocycles. The molecular formula is C40H81N2O6P. The largest absolute Gasteiger partial charge is 0.756 e. The van der Waals surface area contributed by atoms with Crippen molar-refractivity contribution in [3.63, 3.8) is 0 Å². The molecule has 9 heteroatoms. The summed E-state index contributed by atoms with van der Waals surface area (Å²) in [5.74, 6) is -0.197. The highest BCUT2D eigenvalue weighted by atomic mass is 31.2. The van der Waals surface area contributed by atoms with Gasteiger partial charge in [0.1, 0.15) is 13.2 Å². The Labute approximate surface area is 303 Å². The zero-order chi connectivity index (χ0) is 36.5. The Kier molecular flexibility index (Phi) is 32.6. The number of phosphoric acid groups is 1. The van der Waals surface area contributed by atoms with Gasteiger partial charge in [-0.05, 0) is 19.3 Å². The second-order valence-corrected chi connectivity index (χ2v) is 16.8. The molecule has 0 radical (unpaired) electrons. The summed E-state index contributed by atoms with van der Waals surface area (Å²) in [6, 6.07) is -0.878. The van der Waals surface area contributed by atoms with E-state index in [1.807, 2.05) is 27.2 Å². The minimum absolute atomic E-state index is 0.00183. The van der Waals surface area contributed by atoms with E-state index in [2.05, 4.69) is 19.2 Å². The van der Waals surface area contributed by atoms with Crippen molar-refractivity contribution in [1.82, 2.24) is 5.32 Å². The summed E-state index contributed by atoms with van der Waals surface area (Å²) >= 11 is 0. The lowest BCUT2D eigenvalue weighted by Gasteiger charge is -2.29. The van der Waals surface area contributed by atoms with Crippen LogP contribution < -0.4 is 10.2 Å². The van der Waals surface area contributed by atoms with E-state index in [0.29, 0.717) is 17.4 Å². The number of unbranched alkanes of at least 4 members (excludes halogenated alkanes) is 24.